The van der Waals surface area contributed by atoms with E-state index >= 15 is 0 Å². The molecule has 0 amide bonds. The van der Waals surface area contributed by atoms with Crippen molar-refractivity contribution in [1.29, 1.82) is 0 Å². The van der Waals surface area contributed by atoms with Crippen LogP contribution in [0.2, 0.25) is 0 Å². The molecular weight excluding hydrogens is 194 g/mol. The van der Waals surface area contributed by atoms with Crippen LogP contribution in [0.25, 0.3) is 0 Å². The Hall–Kier alpha value is -1.36. The second-order valence-corrected chi connectivity index (χ2v) is 3.94. The topological polar surface area (TPSA) is 70.1 Å². The van der Waals surface area contributed by atoms with Crippen molar-refractivity contribution in [1.82, 2.24) is 9.55 Å². The Bertz CT molecular complexity index is 384. The van der Waals surface area contributed by atoms with Crippen LogP contribution >= 0.6 is 0 Å². The summed E-state index contributed by atoms with van der Waals surface area (Å²) in [6.45, 7) is 4.13. The fourth-order valence-corrected chi connectivity index (χ4v) is 0.909. The van der Waals surface area contributed by atoms with Crippen molar-refractivity contribution >= 4 is 0 Å². The maximum atomic E-state index is 11.5. The number of ether oxygens (including phenoxy) is 1. The van der Waals surface area contributed by atoms with Crippen LogP contribution < -0.4 is 16.0 Å². The first-order valence-electron chi connectivity index (χ1n) is 4.89. The smallest absolute Gasteiger partial charge is 0.313 e. The number of nitrogens with zero attached hydrogens (tertiary/aromatic N) is 2. The molecule has 2 N–H and O–H groups in total. The SMILES string of the molecule is CCC(C)(N)COc1nccn(C)c1=O. The molecule has 5 nitrogen and oxygen atoms in total. The van der Waals surface area contributed by atoms with Crippen molar-refractivity contribution in [2.24, 2.45) is 12.8 Å². The lowest BCUT2D eigenvalue weighted by Crippen LogP contribution is -2.42. The molecule has 1 rings (SSSR count). The van der Waals surface area contributed by atoms with Gasteiger partial charge in [-0.25, -0.2) is 4.98 Å². The highest BCUT2D eigenvalue weighted by atomic mass is 16.5. The first kappa shape index (κ1) is 11.7. The molecule has 0 spiro atoms. The van der Waals surface area contributed by atoms with Gasteiger partial charge in [0.25, 0.3) is 5.88 Å². The van der Waals surface area contributed by atoms with E-state index in [-0.39, 0.29) is 18.0 Å². The number of rotatable bonds is 4. The molecule has 0 aromatic carbocycles. The average Bonchev–Trinajstić information content (AvgIpc) is 2.20. The van der Waals surface area contributed by atoms with E-state index < -0.39 is 5.54 Å². The lowest BCUT2D eigenvalue weighted by atomic mass is 10.0. The van der Waals surface area contributed by atoms with Gasteiger partial charge in [0.2, 0.25) is 0 Å². The Balaban J connectivity index is 2.75. The second kappa shape index (κ2) is 4.44. The van der Waals surface area contributed by atoms with E-state index in [1.807, 2.05) is 13.8 Å². The molecule has 1 unspecified atom stereocenters. The predicted octanol–water partition coefficient (Wildman–Crippen LogP) is 0.286. The molecule has 1 atom stereocenters. The van der Waals surface area contributed by atoms with Crippen molar-refractivity contribution in [2.75, 3.05) is 6.61 Å². The molecule has 1 heterocycles. The summed E-state index contributed by atoms with van der Waals surface area (Å²) in [5, 5.41) is 0. The molecule has 5 heteroatoms. The maximum absolute atomic E-state index is 11.5. The summed E-state index contributed by atoms with van der Waals surface area (Å²) in [5.74, 6) is 0.102. The van der Waals surface area contributed by atoms with Gasteiger partial charge in [0.1, 0.15) is 6.61 Å². The fraction of sp³-hybridized carbons (Fsp3) is 0.600. The summed E-state index contributed by atoms with van der Waals surface area (Å²) in [4.78, 5) is 15.4. The summed E-state index contributed by atoms with van der Waals surface area (Å²) < 4.78 is 6.72. The highest BCUT2D eigenvalue weighted by molar-refractivity contribution is 5.04. The quantitative estimate of drug-likeness (QED) is 0.777. The van der Waals surface area contributed by atoms with Crippen molar-refractivity contribution in [2.45, 2.75) is 25.8 Å². The summed E-state index contributed by atoms with van der Waals surface area (Å²) in [5.41, 5.74) is 5.22. The van der Waals surface area contributed by atoms with Crippen LogP contribution in [0.1, 0.15) is 20.3 Å². The van der Waals surface area contributed by atoms with Gasteiger partial charge in [-0.15, -0.1) is 0 Å². The van der Waals surface area contributed by atoms with Gasteiger partial charge in [-0.2, -0.15) is 0 Å². The second-order valence-electron chi connectivity index (χ2n) is 3.94. The third kappa shape index (κ3) is 3.06. The maximum Gasteiger partial charge on any atom is 0.313 e. The van der Waals surface area contributed by atoms with Gasteiger partial charge in [0.15, 0.2) is 0 Å². The highest BCUT2D eigenvalue weighted by Gasteiger charge is 2.17. The summed E-state index contributed by atoms with van der Waals surface area (Å²) in [6, 6.07) is 0. The van der Waals surface area contributed by atoms with Crippen LogP contribution in [0.5, 0.6) is 5.88 Å². The molecule has 0 saturated carbocycles. The lowest BCUT2D eigenvalue weighted by molar-refractivity contribution is 0.215. The van der Waals surface area contributed by atoms with Gasteiger partial charge < -0.3 is 15.0 Å². The first-order valence-corrected chi connectivity index (χ1v) is 4.89. The molecule has 84 valence electrons. The fourth-order valence-electron chi connectivity index (χ4n) is 0.909. The van der Waals surface area contributed by atoms with Crippen LogP contribution in [0.3, 0.4) is 0 Å². The molecule has 0 aliphatic heterocycles. The molecule has 0 fully saturated rings. The zero-order valence-corrected chi connectivity index (χ0v) is 9.36. The van der Waals surface area contributed by atoms with Gasteiger partial charge >= 0.3 is 5.56 Å². The van der Waals surface area contributed by atoms with Crippen molar-refractivity contribution in [3.8, 4) is 5.88 Å². The molecule has 1 aromatic rings. The number of hydrogen-bond acceptors (Lipinski definition) is 4. The van der Waals surface area contributed by atoms with E-state index in [2.05, 4.69) is 4.98 Å². The van der Waals surface area contributed by atoms with Gasteiger partial charge in [-0.05, 0) is 13.3 Å². The predicted molar refractivity (Wildman–Crippen MR) is 57.9 cm³/mol. The largest absolute Gasteiger partial charge is 0.472 e. The third-order valence-electron chi connectivity index (χ3n) is 2.33. The zero-order chi connectivity index (χ0) is 11.5. The minimum Gasteiger partial charge on any atom is -0.472 e. The van der Waals surface area contributed by atoms with Crippen molar-refractivity contribution in [3.63, 3.8) is 0 Å². The molecular formula is C10H17N3O2. The molecule has 0 radical (unpaired) electrons. The van der Waals surface area contributed by atoms with Crippen LogP contribution in [0, 0.1) is 0 Å². The highest BCUT2D eigenvalue weighted by Crippen LogP contribution is 2.06. The number of aromatic nitrogens is 2. The molecule has 0 aliphatic carbocycles. The molecule has 0 saturated heterocycles. The summed E-state index contributed by atoms with van der Waals surface area (Å²) in [6.07, 6.45) is 3.88. The Labute approximate surface area is 88.9 Å². The lowest BCUT2D eigenvalue weighted by Gasteiger charge is -2.21. The van der Waals surface area contributed by atoms with E-state index in [4.69, 9.17) is 10.5 Å². The van der Waals surface area contributed by atoms with Crippen LogP contribution in [-0.2, 0) is 7.05 Å². The Morgan fingerprint density at radius 2 is 2.33 bits per heavy atom. The van der Waals surface area contributed by atoms with E-state index in [9.17, 15) is 4.79 Å². The molecule has 0 aliphatic rings. The molecule has 1 aromatic heterocycles. The first-order chi connectivity index (χ1) is 6.96. The van der Waals surface area contributed by atoms with Gasteiger partial charge in [-0.3, -0.25) is 4.79 Å². The van der Waals surface area contributed by atoms with Gasteiger partial charge in [-0.1, -0.05) is 6.92 Å². The van der Waals surface area contributed by atoms with Crippen molar-refractivity contribution in [3.05, 3.63) is 22.7 Å². The average molecular weight is 211 g/mol. The van der Waals surface area contributed by atoms with Crippen LogP contribution in [0.4, 0.5) is 0 Å². The number of aryl methyl sites for hydroxylation is 1. The number of hydrogen-bond donors (Lipinski definition) is 1. The minimum atomic E-state index is -0.428. The third-order valence-corrected chi connectivity index (χ3v) is 2.33. The Kier molecular flexibility index (Phi) is 3.47. The molecule has 0 bridgehead atoms. The Morgan fingerprint density at radius 1 is 1.67 bits per heavy atom. The summed E-state index contributed by atoms with van der Waals surface area (Å²) in [7, 11) is 1.65. The minimum absolute atomic E-state index is 0.102. The van der Waals surface area contributed by atoms with Crippen LogP contribution in [0.15, 0.2) is 17.2 Å². The zero-order valence-electron chi connectivity index (χ0n) is 9.36. The van der Waals surface area contributed by atoms with Gasteiger partial charge in [0, 0.05) is 25.0 Å². The van der Waals surface area contributed by atoms with E-state index in [1.54, 1.807) is 13.2 Å². The summed E-state index contributed by atoms with van der Waals surface area (Å²) >= 11 is 0. The Morgan fingerprint density at radius 3 is 2.93 bits per heavy atom. The standard InChI is InChI=1S/C10H17N3O2/c1-4-10(2,11)7-15-8-9(14)13(3)6-5-12-8/h5-6H,4,7,11H2,1-3H3. The van der Waals surface area contributed by atoms with Crippen LogP contribution in [-0.4, -0.2) is 21.7 Å². The molecule has 15 heavy (non-hydrogen) atoms. The van der Waals surface area contributed by atoms with E-state index in [0.29, 0.717) is 0 Å². The number of nitrogens with two attached hydrogens (primary N) is 1. The van der Waals surface area contributed by atoms with Crippen molar-refractivity contribution < 1.29 is 4.74 Å². The van der Waals surface area contributed by atoms with Gasteiger partial charge in [0.05, 0.1) is 0 Å². The van der Waals surface area contributed by atoms with E-state index in [1.165, 1.54) is 10.8 Å². The normalized spacial score (nSPS) is 14.7. The van der Waals surface area contributed by atoms with E-state index in [0.717, 1.165) is 6.42 Å². The monoisotopic (exact) mass is 211 g/mol.